The van der Waals surface area contributed by atoms with Crippen molar-refractivity contribution in [2.75, 3.05) is 0 Å². The number of aromatic nitrogens is 2. The molecule has 2 N–H and O–H groups in total. The zero-order chi connectivity index (χ0) is 12.4. The molecule has 0 unspecified atom stereocenters. The van der Waals surface area contributed by atoms with Crippen LogP contribution < -0.4 is 5.56 Å². The molecule has 6 heteroatoms. The zero-order valence-electron chi connectivity index (χ0n) is 8.48. The molecule has 0 atom stereocenters. The van der Waals surface area contributed by atoms with Crippen molar-refractivity contribution in [1.82, 2.24) is 9.97 Å². The molecule has 86 valence electrons. The summed E-state index contributed by atoms with van der Waals surface area (Å²) in [6, 6.07) is 5.48. The predicted octanol–water partition coefficient (Wildman–Crippen LogP) is 1.27. The second kappa shape index (κ2) is 4.17. The number of carbonyl (C=O) groups is 1. The molecule has 0 aliphatic carbocycles. The molecule has 1 heterocycles. The molecule has 0 saturated carbocycles. The van der Waals surface area contributed by atoms with E-state index in [-0.39, 0.29) is 5.82 Å². The molecule has 0 aliphatic rings. The number of nitrogens with zero attached hydrogens (tertiary/aromatic N) is 1. The van der Waals surface area contributed by atoms with Gasteiger partial charge < -0.3 is 10.1 Å². The maximum absolute atomic E-state index is 12.9. The van der Waals surface area contributed by atoms with Gasteiger partial charge >= 0.3 is 5.97 Å². The summed E-state index contributed by atoms with van der Waals surface area (Å²) in [5.41, 5.74) is -0.851. The van der Waals surface area contributed by atoms with Crippen molar-refractivity contribution in [3.05, 3.63) is 52.2 Å². The number of benzene rings is 1. The average molecular weight is 234 g/mol. The van der Waals surface area contributed by atoms with Crippen molar-refractivity contribution >= 4 is 5.97 Å². The number of hydrogen-bond acceptors (Lipinski definition) is 3. The number of aromatic carboxylic acids is 1. The summed E-state index contributed by atoms with van der Waals surface area (Å²) < 4.78 is 12.9. The monoisotopic (exact) mass is 234 g/mol. The molecule has 0 radical (unpaired) electrons. The summed E-state index contributed by atoms with van der Waals surface area (Å²) in [7, 11) is 0. The third-order valence-corrected chi connectivity index (χ3v) is 2.13. The van der Waals surface area contributed by atoms with Crippen LogP contribution in [0, 0.1) is 5.82 Å². The van der Waals surface area contributed by atoms with Gasteiger partial charge in [-0.3, -0.25) is 4.79 Å². The number of halogens is 1. The smallest absolute Gasteiger partial charge is 0.342 e. The predicted molar refractivity (Wildman–Crippen MR) is 57.2 cm³/mol. The molecule has 2 rings (SSSR count). The average Bonchev–Trinajstić information content (AvgIpc) is 2.28. The lowest BCUT2D eigenvalue weighted by molar-refractivity contribution is 0.0694. The summed E-state index contributed by atoms with van der Waals surface area (Å²) >= 11 is 0. The number of hydrogen-bond donors (Lipinski definition) is 2. The number of carboxylic acids is 1. The van der Waals surface area contributed by atoms with Crippen LogP contribution >= 0.6 is 0 Å². The van der Waals surface area contributed by atoms with Crippen LogP contribution in [0.4, 0.5) is 4.39 Å². The molecule has 1 aromatic heterocycles. The number of carboxylic acid groups (broad SMARTS) is 1. The Morgan fingerprint density at radius 3 is 2.76 bits per heavy atom. The summed E-state index contributed by atoms with van der Waals surface area (Å²) in [5, 5.41) is 8.65. The van der Waals surface area contributed by atoms with E-state index in [9.17, 15) is 14.0 Å². The lowest BCUT2D eigenvalue weighted by Gasteiger charge is -2.01. The largest absolute Gasteiger partial charge is 0.477 e. The second-order valence-corrected chi connectivity index (χ2v) is 3.29. The molecular weight excluding hydrogens is 227 g/mol. The first-order valence-corrected chi connectivity index (χ1v) is 4.66. The van der Waals surface area contributed by atoms with Crippen LogP contribution in [-0.2, 0) is 0 Å². The fraction of sp³-hybridized carbons (Fsp3) is 0. The summed E-state index contributed by atoms with van der Waals surface area (Å²) in [5.74, 6) is -1.70. The summed E-state index contributed by atoms with van der Waals surface area (Å²) in [6.07, 6.45) is 0.946. The Balaban J connectivity index is 2.52. The minimum atomic E-state index is -1.36. The first kappa shape index (κ1) is 11.0. The van der Waals surface area contributed by atoms with Gasteiger partial charge in [0.1, 0.15) is 17.2 Å². The quantitative estimate of drug-likeness (QED) is 0.819. The maximum atomic E-state index is 12.9. The van der Waals surface area contributed by atoms with E-state index < -0.39 is 22.9 Å². The highest BCUT2D eigenvalue weighted by Crippen LogP contribution is 2.14. The van der Waals surface area contributed by atoms with Crippen LogP contribution in [-0.4, -0.2) is 21.0 Å². The van der Waals surface area contributed by atoms with Crippen LogP contribution in [0.2, 0.25) is 0 Å². The van der Waals surface area contributed by atoms with E-state index in [2.05, 4.69) is 9.97 Å². The lowest BCUT2D eigenvalue weighted by Crippen LogP contribution is -2.18. The van der Waals surface area contributed by atoms with Crippen LogP contribution in [0.5, 0.6) is 0 Å². The van der Waals surface area contributed by atoms with E-state index >= 15 is 0 Å². The Labute approximate surface area is 94.6 Å². The van der Waals surface area contributed by atoms with E-state index in [0.29, 0.717) is 5.56 Å². The van der Waals surface area contributed by atoms with E-state index in [1.54, 1.807) is 6.07 Å². The Hall–Kier alpha value is -2.50. The van der Waals surface area contributed by atoms with Crippen molar-refractivity contribution in [2.24, 2.45) is 0 Å². The molecule has 0 aliphatic heterocycles. The maximum Gasteiger partial charge on any atom is 0.342 e. The third-order valence-electron chi connectivity index (χ3n) is 2.13. The van der Waals surface area contributed by atoms with E-state index in [4.69, 9.17) is 5.11 Å². The molecule has 5 nitrogen and oxygen atoms in total. The van der Waals surface area contributed by atoms with Gasteiger partial charge in [0, 0.05) is 11.8 Å². The van der Waals surface area contributed by atoms with Crippen LogP contribution in [0.15, 0.2) is 35.3 Å². The number of aromatic amines is 1. The summed E-state index contributed by atoms with van der Waals surface area (Å²) in [6.45, 7) is 0. The lowest BCUT2D eigenvalue weighted by atomic mass is 10.2. The first-order valence-electron chi connectivity index (χ1n) is 4.66. The number of nitrogens with one attached hydrogen (secondary N) is 1. The van der Waals surface area contributed by atoms with Gasteiger partial charge in [-0.1, -0.05) is 12.1 Å². The molecule has 0 bridgehead atoms. The van der Waals surface area contributed by atoms with Gasteiger partial charge in [-0.05, 0) is 12.1 Å². The molecule has 0 fully saturated rings. The third kappa shape index (κ3) is 2.20. The standard InChI is InChI=1S/C11H7FN2O3/c12-7-3-1-2-6(4-7)9-13-5-8(11(16)17)10(15)14-9/h1-5H,(H,16,17)(H,13,14,15). The Morgan fingerprint density at radius 1 is 1.41 bits per heavy atom. The van der Waals surface area contributed by atoms with Gasteiger partial charge in [-0.15, -0.1) is 0 Å². The van der Waals surface area contributed by atoms with Gasteiger partial charge in [0.25, 0.3) is 5.56 Å². The van der Waals surface area contributed by atoms with E-state index in [0.717, 1.165) is 6.20 Å². The van der Waals surface area contributed by atoms with Gasteiger partial charge in [0.2, 0.25) is 0 Å². The van der Waals surface area contributed by atoms with Crippen molar-refractivity contribution in [3.63, 3.8) is 0 Å². The molecule has 0 amide bonds. The molecular formula is C11H7FN2O3. The van der Waals surface area contributed by atoms with Gasteiger partial charge in [0.05, 0.1) is 0 Å². The molecule has 0 spiro atoms. The van der Waals surface area contributed by atoms with Crippen LogP contribution in [0.3, 0.4) is 0 Å². The van der Waals surface area contributed by atoms with Crippen LogP contribution in [0.1, 0.15) is 10.4 Å². The topological polar surface area (TPSA) is 83.0 Å². The van der Waals surface area contributed by atoms with E-state index in [1.807, 2.05) is 0 Å². The minimum absolute atomic E-state index is 0.125. The van der Waals surface area contributed by atoms with Gasteiger partial charge in [0.15, 0.2) is 0 Å². The van der Waals surface area contributed by atoms with Crippen molar-refractivity contribution in [3.8, 4) is 11.4 Å². The van der Waals surface area contributed by atoms with E-state index in [1.165, 1.54) is 18.2 Å². The Kier molecular flexibility index (Phi) is 2.70. The Morgan fingerprint density at radius 2 is 2.18 bits per heavy atom. The highest BCUT2D eigenvalue weighted by atomic mass is 19.1. The van der Waals surface area contributed by atoms with Gasteiger partial charge in [-0.25, -0.2) is 14.2 Å². The highest BCUT2D eigenvalue weighted by Gasteiger charge is 2.10. The van der Waals surface area contributed by atoms with Crippen molar-refractivity contribution < 1.29 is 14.3 Å². The zero-order valence-corrected chi connectivity index (χ0v) is 8.48. The molecule has 17 heavy (non-hydrogen) atoms. The highest BCUT2D eigenvalue weighted by molar-refractivity contribution is 5.86. The van der Waals surface area contributed by atoms with Crippen molar-refractivity contribution in [2.45, 2.75) is 0 Å². The second-order valence-electron chi connectivity index (χ2n) is 3.29. The Bertz CT molecular complexity index is 637. The molecule has 1 aromatic carbocycles. The van der Waals surface area contributed by atoms with Crippen LogP contribution in [0.25, 0.3) is 11.4 Å². The first-order chi connectivity index (χ1) is 8.08. The SMILES string of the molecule is O=C(O)c1cnc(-c2cccc(F)c2)[nH]c1=O. The molecule has 0 saturated heterocycles. The fourth-order valence-corrected chi connectivity index (χ4v) is 1.33. The fourth-order valence-electron chi connectivity index (χ4n) is 1.33. The molecule has 2 aromatic rings. The summed E-state index contributed by atoms with van der Waals surface area (Å²) in [4.78, 5) is 28.0. The van der Waals surface area contributed by atoms with Gasteiger partial charge in [-0.2, -0.15) is 0 Å². The number of H-pyrrole nitrogens is 1. The normalized spacial score (nSPS) is 10.2. The van der Waals surface area contributed by atoms with Crippen molar-refractivity contribution in [1.29, 1.82) is 0 Å². The minimum Gasteiger partial charge on any atom is -0.477 e. The number of rotatable bonds is 2.